The minimum absolute atomic E-state index is 0. The van der Waals surface area contributed by atoms with Crippen LogP contribution in [-0.2, 0) is 12.6 Å². The fraction of sp³-hybridized carbons (Fsp3) is 0.188. The van der Waals surface area contributed by atoms with Gasteiger partial charge in [-0.15, -0.1) is 0 Å². The third-order valence-electron chi connectivity index (χ3n) is 3.24. The molecule has 4 nitrogen and oxygen atoms in total. The van der Waals surface area contributed by atoms with Gasteiger partial charge in [-0.05, 0) is 42.3 Å². The number of aromatic carboxylic acids is 1. The van der Waals surface area contributed by atoms with E-state index in [2.05, 4.69) is 5.32 Å². The molecular weight excluding hydrogens is 350 g/mol. The van der Waals surface area contributed by atoms with E-state index in [0.29, 0.717) is 24.2 Å². The van der Waals surface area contributed by atoms with Crippen LogP contribution in [0.4, 0.5) is 18.9 Å². The number of rotatable bonds is 5. The zero-order valence-corrected chi connectivity index (χ0v) is 16.0. The smallest absolute Gasteiger partial charge is 0.545 e. The van der Waals surface area contributed by atoms with Crippen LogP contribution < -0.4 is 61.8 Å². The Balaban J connectivity index is 0.00000288. The number of alkyl halides is 3. The summed E-state index contributed by atoms with van der Waals surface area (Å²) in [5.41, 5.74) is 0.147. The molecule has 2 rings (SSSR count). The minimum atomic E-state index is -4.36. The van der Waals surface area contributed by atoms with Crippen molar-refractivity contribution in [3.05, 3.63) is 59.2 Å². The number of carbonyl (C=O) groups excluding carboxylic acids is 1. The normalized spacial score (nSPS) is 10.8. The number of carboxylic acid groups (broad SMARTS) is 1. The van der Waals surface area contributed by atoms with Gasteiger partial charge in [-0.25, -0.2) is 0 Å². The molecule has 0 spiro atoms. The molecule has 122 valence electrons. The number of halogens is 3. The van der Waals surface area contributed by atoms with Crippen LogP contribution in [0.2, 0.25) is 0 Å². The number of benzene rings is 2. The summed E-state index contributed by atoms with van der Waals surface area (Å²) in [6.07, 6.45) is -3.90. The molecule has 0 aliphatic rings. The van der Waals surface area contributed by atoms with Crippen molar-refractivity contribution < 1.29 is 79.6 Å². The summed E-state index contributed by atoms with van der Waals surface area (Å²) in [5.74, 6) is -1.88. The third kappa shape index (κ3) is 5.78. The molecule has 0 amide bonds. The second-order valence-electron chi connectivity index (χ2n) is 4.89. The van der Waals surface area contributed by atoms with Gasteiger partial charge in [0.2, 0.25) is 0 Å². The van der Waals surface area contributed by atoms with Crippen LogP contribution in [0.1, 0.15) is 21.5 Å². The van der Waals surface area contributed by atoms with Crippen molar-refractivity contribution in [2.45, 2.75) is 12.6 Å². The number of hydrogen-bond acceptors (Lipinski definition) is 4. The van der Waals surface area contributed by atoms with Crippen LogP contribution in [0.25, 0.3) is 0 Å². The average molecular weight is 363 g/mol. The third-order valence-corrected chi connectivity index (χ3v) is 3.24. The van der Waals surface area contributed by atoms with Crippen LogP contribution in [0.15, 0.2) is 42.5 Å². The average Bonchev–Trinajstić information content (AvgIpc) is 2.48. The zero-order valence-electron chi connectivity index (χ0n) is 12.9. The summed E-state index contributed by atoms with van der Waals surface area (Å²) in [4.78, 5) is 10.8. The van der Waals surface area contributed by atoms with Gasteiger partial charge in [0.1, 0.15) is 5.75 Å². The quantitative estimate of drug-likeness (QED) is 0.552. The number of phenols is 1. The molecule has 0 saturated carbocycles. The topological polar surface area (TPSA) is 72.4 Å². The largest absolute Gasteiger partial charge is 1.00 e. The number of nitrogens with one attached hydrogen (secondary N) is 1. The Morgan fingerprint density at radius 3 is 2.29 bits per heavy atom. The van der Waals surface area contributed by atoms with Crippen LogP contribution in [0.5, 0.6) is 5.75 Å². The van der Waals surface area contributed by atoms with Crippen LogP contribution >= 0.6 is 0 Å². The van der Waals surface area contributed by atoms with Crippen molar-refractivity contribution >= 4 is 11.7 Å². The van der Waals surface area contributed by atoms with E-state index >= 15 is 0 Å². The van der Waals surface area contributed by atoms with Crippen molar-refractivity contribution in [3.8, 4) is 5.75 Å². The van der Waals surface area contributed by atoms with E-state index in [9.17, 15) is 28.2 Å². The van der Waals surface area contributed by atoms with E-state index < -0.39 is 23.5 Å². The van der Waals surface area contributed by atoms with Gasteiger partial charge >= 0.3 is 57.6 Å². The molecule has 0 aliphatic heterocycles. The second kappa shape index (κ2) is 8.86. The van der Waals surface area contributed by atoms with Gasteiger partial charge in [0.05, 0.1) is 11.5 Å². The fourth-order valence-electron chi connectivity index (χ4n) is 2.02. The molecule has 2 aromatic rings. The molecule has 0 aliphatic carbocycles. The molecule has 0 unspecified atom stereocenters. The van der Waals surface area contributed by atoms with E-state index in [0.717, 1.165) is 12.1 Å². The molecule has 0 fully saturated rings. The summed E-state index contributed by atoms with van der Waals surface area (Å²) in [5, 5.41) is 23.1. The van der Waals surface area contributed by atoms with E-state index in [1.165, 1.54) is 30.3 Å². The van der Waals surface area contributed by atoms with Crippen molar-refractivity contribution in [2.75, 3.05) is 11.9 Å². The minimum Gasteiger partial charge on any atom is -0.545 e. The Morgan fingerprint density at radius 2 is 1.75 bits per heavy atom. The van der Waals surface area contributed by atoms with Crippen molar-refractivity contribution in [2.24, 2.45) is 0 Å². The van der Waals surface area contributed by atoms with Gasteiger partial charge in [-0.3, -0.25) is 0 Å². The number of aromatic hydroxyl groups is 1. The second-order valence-corrected chi connectivity index (χ2v) is 4.89. The molecule has 0 aromatic heterocycles. The van der Waals surface area contributed by atoms with Crippen LogP contribution in [-0.4, -0.2) is 17.6 Å². The van der Waals surface area contributed by atoms with Crippen molar-refractivity contribution in [1.29, 1.82) is 0 Å². The summed E-state index contributed by atoms with van der Waals surface area (Å²) in [6, 6.07) is 8.79. The van der Waals surface area contributed by atoms with Crippen LogP contribution in [0, 0.1) is 0 Å². The first-order valence-electron chi connectivity index (χ1n) is 6.72. The maximum Gasteiger partial charge on any atom is 1.00 e. The Hall–Kier alpha value is -1.06. The standard InChI is InChI=1S/C16H14F3NO3.K/c17-16(18,19)11-3-1-10(2-4-11)7-8-20-12-5-6-14(21)13(9-12)15(22)23;/h1-6,9,20-21H,7-8H2,(H,22,23);/q;+1/p-1. The van der Waals surface area contributed by atoms with E-state index in [4.69, 9.17) is 0 Å². The Labute approximate surface area is 179 Å². The molecule has 0 atom stereocenters. The maximum atomic E-state index is 12.4. The predicted octanol–water partition coefficient (Wildman–Crippen LogP) is -0.567. The van der Waals surface area contributed by atoms with Gasteiger partial charge in [0.15, 0.2) is 0 Å². The Kier molecular flexibility index (Phi) is 7.75. The number of carbonyl (C=O) groups is 1. The van der Waals surface area contributed by atoms with Gasteiger partial charge in [0, 0.05) is 17.8 Å². The van der Waals surface area contributed by atoms with E-state index in [1.807, 2.05) is 0 Å². The van der Waals surface area contributed by atoms with Gasteiger partial charge in [-0.1, -0.05) is 12.1 Å². The summed E-state index contributed by atoms with van der Waals surface area (Å²) in [6.45, 7) is 0.391. The zero-order chi connectivity index (χ0) is 17.0. The van der Waals surface area contributed by atoms with Gasteiger partial charge < -0.3 is 20.3 Å². The summed E-state index contributed by atoms with van der Waals surface area (Å²) < 4.78 is 37.3. The Morgan fingerprint density at radius 1 is 1.12 bits per heavy atom. The van der Waals surface area contributed by atoms with Gasteiger partial charge in [-0.2, -0.15) is 13.2 Å². The van der Waals surface area contributed by atoms with Crippen molar-refractivity contribution in [3.63, 3.8) is 0 Å². The molecule has 2 aromatic carbocycles. The van der Waals surface area contributed by atoms with Crippen LogP contribution in [0.3, 0.4) is 0 Å². The number of carboxylic acids is 1. The molecule has 0 heterocycles. The summed E-state index contributed by atoms with van der Waals surface area (Å²) in [7, 11) is 0. The fourth-order valence-corrected chi connectivity index (χ4v) is 2.02. The van der Waals surface area contributed by atoms with E-state index in [1.54, 1.807) is 0 Å². The molecule has 8 heteroatoms. The first-order valence-corrected chi connectivity index (χ1v) is 6.72. The molecular formula is C16H13F3KNO3. The number of hydrogen-bond donors (Lipinski definition) is 2. The predicted molar refractivity (Wildman–Crippen MR) is 76.1 cm³/mol. The molecule has 0 bridgehead atoms. The summed E-state index contributed by atoms with van der Waals surface area (Å²) >= 11 is 0. The first-order chi connectivity index (χ1) is 10.8. The monoisotopic (exact) mass is 363 g/mol. The Bertz CT molecular complexity index is 703. The van der Waals surface area contributed by atoms with Crippen molar-refractivity contribution in [1.82, 2.24) is 0 Å². The maximum absolute atomic E-state index is 12.4. The molecule has 0 radical (unpaired) electrons. The number of anilines is 1. The molecule has 2 N–H and O–H groups in total. The first kappa shape index (κ1) is 21.0. The molecule has 24 heavy (non-hydrogen) atoms. The SMILES string of the molecule is O=C([O-])c1cc(NCCc2ccc(C(F)(F)F)cc2)ccc1O.[K+]. The molecule has 0 saturated heterocycles. The van der Waals surface area contributed by atoms with Gasteiger partial charge in [0.25, 0.3) is 0 Å². The van der Waals surface area contributed by atoms with E-state index in [-0.39, 0.29) is 56.9 Å².